The molecule has 0 saturated heterocycles. The van der Waals surface area contributed by atoms with Crippen molar-refractivity contribution in [1.82, 2.24) is 15.0 Å². The molecule has 0 atom stereocenters. The molecule has 0 amide bonds. The Morgan fingerprint density at radius 2 is 1.94 bits per heavy atom. The lowest BCUT2D eigenvalue weighted by atomic mass is 10.4. The largest absolute Gasteiger partial charge is 0.368 e. The number of anilines is 1. The third-order valence-corrected chi connectivity index (χ3v) is 2.73. The maximum Gasteiger partial charge on any atom is 0.228 e. The summed E-state index contributed by atoms with van der Waals surface area (Å²) in [6.07, 6.45) is 0. The molecule has 0 bridgehead atoms. The van der Waals surface area contributed by atoms with Gasteiger partial charge in [0.1, 0.15) is 5.82 Å². The molecule has 0 spiro atoms. The zero-order chi connectivity index (χ0) is 11.5. The maximum atomic E-state index is 13.3. The zero-order valence-corrected chi connectivity index (χ0v) is 9.46. The molecule has 0 aliphatic rings. The van der Waals surface area contributed by atoms with Crippen LogP contribution < -0.4 is 5.73 Å². The van der Waals surface area contributed by atoms with E-state index in [2.05, 4.69) is 15.0 Å². The van der Waals surface area contributed by atoms with E-state index in [9.17, 15) is 4.39 Å². The summed E-state index contributed by atoms with van der Waals surface area (Å²) >= 11 is 6.65. The molecule has 2 N–H and O–H groups in total. The lowest BCUT2D eigenvalue weighted by molar-refractivity contribution is 0.601. The predicted molar refractivity (Wildman–Crippen MR) is 59.8 cm³/mol. The van der Waals surface area contributed by atoms with Gasteiger partial charge in [-0.2, -0.15) is 15.0 Å². The van der Waals surface area contributed by atoms with E-state index in [0.29, 0.717) is 4.90 Å². The van der Waals surface area contributed by atoms with Gasteiger partial charge in [0.15, 0.2) is 5.16 Å². The highest BCUT2D eigenvalue weighted by molar-refractivity contribution is 7.99. The first-order valence-electron chi connectivity index (χ1n) is 4.24. The topological polar surface area (TPSA) is 64.7 Å². The summed E-state index contributed by atoms with van der Waals surface area (Å²) in [4.78, 5) is 11.7. The number of nitrogens with two attached hydrogens (primary N) is 1. The van der Waals surface area contributed by atoms with E-state index in [0.717, 1.165) is 11.8 Å². The number of nitrogens with zero attached hydrogens (tertiary/aromatic N) is 3. The molecule has 2 aromatic rings. The van der Waals surface area contributed by atoms with E-state index in [1.165, 1.54) is 6.07 Å². The van der Waals surface area contributed by atoms with E-state index in [1.807, 2.05) is 0 Å². The van der Waals surface area contributed by atoms with E-state index in [-0.39, 0.29) is 22.2 Å². The Kier molecular flexibility index (Phi) is 3.21. The Balaban J connectivity index is 2.30. The Bertz CT molecular complexity index is 502. The predicted octanol–water partition coefficient (Wildman–Crippen LogP) is 2.40. The van der Waals surface area contributed by atoms with Crippen molar-refractivity contribution < 1.29 is 4.39 Å². The SMILES string of the molecule is Nc1nc(Cl)nc(Sc2ccccc2F)n1. The quantitative estimate of drug-likeness (QED) is 0.894. The Morgan fingerprint density at radius 3 is 2.62 bits per heavy atom. The van der Waals surface area contributed by atoms with Crippen LogP contribution in [-0.2, 0) is 0 Å². The third-order valence-electron chi connectivity index (χ3n) is 1.64. The van der Waals surface area contributed by atoms with Crippen molar-refractivity contribution in [2.24, 2.45) is 0 Å². The summed E-state index contributed by atoms with van der Waals surface area (Å²) in [6.45, 7) is 0. The summed E-state index contributed by atoms with van der Waals surface area (Å²) in [6, 6.07) is 6.30. The summed E-state index contributed by atoms with van der Waals surface area (Å²) < 4.78 is 13.3. The van der Waals surface area contributed by atoms with Crippen molar-refractivity contribution in [2.75, 3.05) is 5.73 Å². The fraction of sp³-hybridized carbons (Fsp3) is 0. The lowest BCUT2D eigenvalue weighted by Gasteiger charge is -2.01. The first-order valence-corrected chi connectivity index (χ1v) is 5.44. The van der Waals surface area contributed by atoms with Crippen molar-refractivity contribution in [1.29, 1.82) is 0 Å². The number of nitrogen functional groups attached to an aromatic ring is 1. The zero-order valence-electron chi connectivity index (χ0n) is 7.89. The van der Waals surface area contributed by atoms with Crippen molar-refractivity contribution in [3.8, 4) is 0 Å². The molecular weight excluding hydrogens is 251 g/mol. The molecule has 2 rings (SSSR count). The van der Waals surface area contributed by atoms with Gasteiger partial charge in [0.25, 0.3) is 0 Å². The van der Waals surface area contributed by atoms with Gasteiger partial charge in [-0.05, 0) is 35.5 Å². The second-order valence-corrected chi connectivity index (χ2v) is 4.12. The molecule has 0 radical (unpaired) electrons. The van der Waals surface area contributed by atoms with Gasteiger partial charge < -0.3 is 5.73 Å². The average Bonchev–Trinajstić information content (AvgIpc) is 2.20. The highest BCUT2D eigenvalue weighted by Crippen LogP contribution is 2.27. The standard InChI is InChI=1S/C9H6ClFN4S/c10-7-13-8(12)15-9(14-7)16-6-4-2-1-3-5(6)11/h1-4H,(H2,12,13,14,15). The molecule has 1 aromatic heterocycles. The average molecular weight is 257 g/mol. The van der Waals surface area contributed by atoms with Gasteiger partial charge in [0.2, 0.25) is 11.2 Å². The molecule has 7 heteroatoms. The normalized spacial score (nSPS) is 10.4. The van der Waals surface area contributed by atoms with Crippen molar-refractivity contribution in [2.45, 2.75) is 10.1 Å². The molecule has 82 valence electrons. The summed E-state index contributed by atoms with van der Waals surface area (Å²) in [5.74, 6) is -0.332. The van der Waals surface area contributed by atoms with Crippen molar-refractivity contribution >= 4 is 29.3 Å². The van der Waals surface area contributed by atoms with Gasteiger partial charge in [-0.3, -0.25) is 0 Å². The molecule has 0 saturated carbocycles. The number of halogens is 2. The van der Waals surface area contributed by atoms with Crippen molar-refractivity contribution in [3.63, 3.8) is 0 Å². The van der Waals surface area contributed by atoms with Crippen LogP contribution in [0, 0.1) is 5.82 Å². The highest BCUT2D eigenvalue weighted by atomic mass is 35.5. The van der Waals surface area contributed by atoms with Crippen LogP contribution in [-0.4, -0.2) is 15.0 Å². The van der Waals surface area contributed by atoms with Gasteiger partial charge in [-0.15, -0.1) is 0 Å². The third kappa shape index (κ3) is 2.59. The molecule has 0 fully saturated rings. The Morgan fingerprint density at radius 1 is 1.19 bits per heavy atom. The van der Waals surface area contributed by atoms with Gasteiger partial charge in [0, 0.05) is 0 Å². The van der Waals surface area contributed by atoms with Crippen LogP contribution in [0.5, 0.6) is 0 Å². The molecule has 1 aromatic carbocycles. The van der Waals surface area contributed by atoms with Crippen LogP contribution in [0.25, 0.3) is 0 Å². The molecule has 1 heterocycles. The summed E-state index contributed by atoms with van der Waals surface area (Å²) in [5, 5.41) is 0.258. The van der Waals surface area contributed by atoms with Gasteiger partial charge in [-0.25, -0.2) is 4.39 Å². The summed E-state index contributed by atoms with van der Waals surface area (Å²) in [5.41, 5.74) is 5.40. The van der Waals surface area contributed by atoms with E-state index in [4.69, 9.17) is 17.3 Å². The minimum atomic E-state index is -0.345. The van der Waals surface area contributed by atoms with Gasteiger partial charge in [0.05, 0.1) is 4.90 Å². The number of benzene rings is 1. The monoisotopic (exact) mass is 256 g/mol. The second-order valence-electron chi connectivity index (χ2n) is 2.78. The molecule has 0 aliphatic carbocycles. The van der Waals surface area contributed by atoms with E-state index >= 15 is 0 Å². The molecule has 4 nitrogen and oxygen atoms in total. The summed E-state index contributed by atoms with van der Waals surface area (Å²) in [7, 11) is 0. The lowest BCUT2D eigenvalue weighted by Crippen LogP contribution is -1.99. The molecular formula is C9H6ClFN4S. The van der Waals surface area contributed by atoms with Crippen LogP contribution in [0.1, 0.15) is 0 Å². The highest BCUT2D eigenvalue weighted by Gasteiger charge is 2.07. The Labute approximate surface area is 100 Å². The van der Waals surface area contributed by atoms with E-state index < -0.39 is 0 Å². The van der Waals surface area contributed by atoms with Crippen LogP contribution in [0.15, 0.2) is 34.3 Å². The van der Waals surface area contributed by atoms with Gasteiger partial charge >= 0.3 is 0 Å². The first-order chi connectivity index (χ1) is 7.65. The minimum absolute atomic E-state index is 0.00802. The van der Waals surface area contributed by atoms with E-state index in [1.54, 1.807) is 18.2 Å². The smallest absolute Gasteiger partial charge is 0.228 e. The first kappa shape index (κ1) is 11.1. The van der Waals surface area contributed by atoms with Crippen LogP contribution in [0.3, 0.4) is 0 Å². The molecule has 0 aliphatic heterocycles. The number of hydrogen-bond donors (Lipinski definition) is 1. The maximum absolute atomic E-state index is 13.3. The van der Waals surface area contributed by atoms with Crippen LogP contribution in [0.2, 0.25) is 5.28 Å². The second kappa shape index (κ2) is 4.63. The van der Waals surface area contributed by atoms with Crippen molar-refractivity contribution in [3.05, 3.63) is 35.4 Å². The molecule has 0 unspecified atom stereocenters. The van der Waals surface area contributed by atoms with Gasteiger partial charge in [-0.1, -0.05) is 12.1 Å². The molecule has 16 heavy (non-hydrogen) atoms. The Hall–Kier alpha value is -1.40. The number of rotatable bonds is 2. The number of hydrogen-bond acceptors (Lipinski definition) is 5. The fourth-order valence-electron chi connectivity index (χ4n) is 1.02. The fourth-order valence-corrected chi connectivity index (χ4v) is 2.01. The van der Waals surface area contributed by atoms with Crippen LogP contribution in [0.4, 0.5) is 10.3 Å². The van der Waals surface area contributed by atoms with Crippen LogP contribution >= 0.6 is 23.4 Å². The minimum Gasteiger partial charge on any atom is -0.368 e. The number of aromatic nitrogens is 3.